The summed E-state index contributed by atoms with van der Waals surface area (Å²) < 4.78 is 5.87. The average Bonchev–Trinajstić information content (AvgIpc) is 2.92. The lowest BCUT2D eigenvalue weighted by molar-refractivity contribution is -0.136. The van der Waals surface area contributed by atoms with Crippen LogP contribution in [-0.2, 0) is 14.3 Å². The second-order valence-electron chi connectivity index (χ2n) is 6.95. The Labute approximate surface area is 173 Å². The summed E-state index contributed by atoms with van der Waals surface area (Å²) in [7, 11) is 1.32. The number of carbonyl (C=O) groups excluding carboxylic acids is 2. The molecule has 1 aliphatic rings. The van der Waals surface area contributed by atoms with Crippen LogP contribution in [0.25, 0.3) is 6.08 Å². The standard InChI is InChI=1S/C23H22BrNO3/c1-14(2)17-7-5-16(6-8-17)13-20-21(23(27)28-4)15(3)25(22(20)26)19-11-9-18(24)10-12-19/h5-14H,1-4H3/b20-13-. The summed E-state index contributed by atoms with van der Waals surface area (Å²) in [4.78, 5) is 27.2. The second-order valence-corrected chi connectivity index (χ2v) is 7.86. The monoisotopic (exact) mass is 439 g/mol. The van der Waals surface area contributed by atoms with Crippen LogP contribution in [-0.4, -0.2) is 19.0 Å². The minimum absolute atomic E-state index is 0.242. The molecule has 0 saturated carbocycles. The van der Waals surface area contributed by atoms with E-state index in [2.05, 4.69) is 29.8 Å². The van der Waals surface area contributed by atoms with Crippen LogP contribution in [0.3, 0.4) is 0 Å². The van der Waals surface area contributed by atoms with E-state index in [4.69, 9.17) is 4.74 Å². The minimum atomic E-state index is -0.518. The molecule has 0 aromatic heterocycles. The van der Waals surface area contributed by atoms with Gasteiger partial charge in [-0.1, -0.05) is 54.0 Å². The van der Waals surface area contributed by atoms with Crippen molar-refractivity contribution in [2.45, 2.75) is 26.7 Å². The van der Waals surface area contributed by atoms with Crippen molar-refractivity contribution in [1.29, 1.82) is 0 Å². The zero-order valence-electron chi connectivity index (χ0n) is 16.3. The van der Waals surface area contributed by atoms with Crippen LogP contribution in [0.5, 0.6) is 0 Å². The van der Waals surface area contributed by atoms with Gasteiger partial charge in [-0.25, -0.2) is 4.79 Å². The normalized spacial score (nSPS) is 15.7. The topological polar surface area (TPSA) is 46.6 Å². The second kappa shape index (κ2) is 8.15. The predicted octanol–water partition coefficient (Wildman–Crippen LogP) is 5.45. The quantitative estimate of drug-likeness (QED) is 0.469. The Morgan fingerprint density at radius 3 is 2.21 bits per heavy atom. The maximum absolute atomic E-state index is 13.2. The third-order valence-corrected chi connectivity index (χ3v) is 5.32. The largest absolute Gasteiger partial charge is 0.465 e. The van der Waals surface area contributed by atoms with Gasteiger partial charge in [0.2, 0.25) is 0 Å². The molecule has 0 aliphatic carbocycles. The van der Waals surface area contributed by atoms with Crippen LogP contribution in [0.2, 0.25) is 0 Å². The van der Waals surface area contributed by atoms with Gasteiger partial charge in [-0.05, 0) is 54.3 Å². The molecule has 0 unspecified atom stereocenters. The highest BCUT2D eigenvalue weighted by Crippen LogP contribution is 2.35. The van der Waals surface area contributed by atoms with Gasteiger partial charge in [0.05, 0.1) is 18.3 Å². The van der Waals surface area contributed by atoms with Gasteiger partial charge in [0, 0.05) is 15.9 Å². The molecule has 4 nitrogen and oxygen atoms in total. The third kappa shape index (κ3) is 3.80. The van der Waals surface area contributed by atoms with Crippen molar-refractivity contribution in [3.8, 4) is 0 Å². The highest BCUT2D eigenvalue weighted by molar-refractivity contribution is 9.10. The van der Waals surface area contributed by atoms with Crippen molar-refractivity contribution in [2.24, 2.45) is 0 Å². The van der Waals surface area contributed by atoms with E-state index in [9.17, 15) is 9.59 Å². The number of carbonyl (C=O) groups is 2. The Morgan fingerprint density at radius 1 is 1.07 bits per heavy atom. The first-order chi connectivity index (χ1) is 13.3. The Kier molecular flexibility index (Phi) is 5.84. The minimum Gasteiger partial charge on any atom is -0.465 e. The summed E-state index contributed by atoms with van der Waals surface area (Å²) in [6.07, 6.45) is 1.75. The number of allylic oxidation sites excluding steroid dienone is 1. The number of hydrogen-bond acceptors (Lipinski definition) is 3. The maximum Gasteiger partial charge on any atom is 0.340 e. The van der Waals surface area contributed by atoms with Crippen molar-refractivity contribution >= 4 is 39.6 Å². The highest BCUT2D eigenvalue weighted by Gasteiger charge is 2.37. The third-order valence-electron chi connectivity index (χ3n) is 4.79. The molecule has 5 heteroatoms. The lowest BCUT2D eigenvalue weighted by atomic mass is 9.99. The molecular formula is C23H22BrNO3. The van der Waals surface area contributed by atoms with Crippen LogP contribution in [0.15, 0.2) is 69.8 Å². The van der Waals surface area contributed by atoms with Gasteiger partial charge in [0.25, 0.3) is 5.91 Å². The molecule has 2 aromatic rings. The van der Waals surface area contributed by atoms with E-state index in [-0.39, 0.29) is 5.91 Å². The number of amides is 1. The Balaban J connectivity index is 2.07. The Hall–Kier alpha value is -2.66. The molecule has 1 amide bonds. The number of nitrogens with zero attached hydrogens (tertiary/aromatic N) is 1. The molecule has 0 bridgehead atoms. The fourth-order valence-electron chi connectivity index (χ4n) is 3.22. The molecule has 0 N–H and O–H groups in total. The Morgan fingerprint density at radius 2 is 1.68 bits per heavy atom. The van der Waals surface area contributed by atoms with Gasteiger partial charge in [-0.3, -0.25) is 9.69 Å². The molecule has 1 heterocycles. The van der Waals surface area contributed by atoms with Crippen LogP contribution < -0.4 is 4.90 Å². The molecule has 0 radical (unpaired) electrons. The van der Waals surface area contributed by atoms with Gasteiger partial charge in [-0.15, -0.1) is 0 Å². The summed E-state index contributed by atoms with van der Waals surface area (Å²) in [6.45, 7) is 6.02. The maximum atomic E-state index is 13.2. The average molecular weight is 440 g/mol. The smallest absolute Gasteiger partial charge is 0.340 e. The summed E-state index contributed by atoms with van der Waals surface area (Å²) in [6, 6.07) is 15.4. The van der Waals surface area contributed by atoms with Gasteiger partial charge < -0.3 is 4.74 Å². The van der Waals surface area contributed by atoms with E-state index in [1.54, 1.807) is 17.9 Å². The summed E-state index contributed by atoms with van der Waals surface area (Å²) in [5, 5.41) is 0. The lowest BCUT2D eigenvalue weighted by Crippen LogP contribution is -2.24. The summed E-state index contributed by atoms with van der Waals surface area (Å²) in [5.74, 6) is -0.334. The van der Waals surface area contributed by atoms with Crippen molar-refractivity contribution in [2.75, 3.05) is 12.0 Å². The van der Waals surface area contributed by atoms with E-state index in [1.807, 2.05) is 48.5 Å². The Bertz CT molecular complexity index is 970. The molecule has 3 rings (SSSR count). The fraction of sp³-hybridized carbons (Fsp3) is 0.217. The van der Waals surface area contributed by atoms with Crippen LogP contribution in [0.4, 0.5) is 5.69 Å². The molecule has 0 fully saturated rings. The molecule has 28 heavy (non-hydrogen) atoms. The first-order valence-corrected chi connectivity index (χ1v) is 9.84. The molecule has 0 spiro atoms. The van der Waals surface area contributed by atoms with Gasteiger partial charge in [0.1, 0.15) is 0 Å². The van der Waals surface area contributed by atoms with Crippen LogP contribution >= 0.6 is 15.9 Å². The summed E-state index contributed by atoms with van der Waals surface area (Å²) >= 11 is 3.40. The number of benzene rings is 2. The van der Waals surface area contributed by atoms with Gasteiger partial charge in [0.15, 0.2) is 0 Å². The van der Waals surface area contributed by atoms with Crippen LogP contribution in [0.1, 0.15) is 37.8 Å². The van der Waals surface area contributed by atoms with Gasteiger partial charge >= 0.3 is 5.97 Å². The van der Waals surface area contributed by atoms with E-state index in [1.165, 1.54) is 12.7 Å². The van der Waals surface area contributed by atoms with E-state index in [0.29, 0.717) is 28.4 Å². The number of methoxy groups -OCH3 is 1. The number of rotatable bonds is 4. The first kappa shape index (κ1) is 20.1. The highest BCUT2D eigenvalue weighted by atomic mass is 79.9. The summed E-state index contributed by atoms with van der Waals surface area (Å²) in [5.41, 5.74) is 3.97. The predicted molar refractivity (Wildman–Crippen MR) is 115 cm³/mol. The number of ether oxygens (including phenoxy) is 1. The number of halogens is 1. The molecular weight excluding hydrogens is 418 g/mol. The molecule has 0 saturated heterocycles. The first-order valence-electron chi connectivity index (χ1n) is 9.04. The lowest BCUT2D eigenvalue weighted by Gasteiger charge is -2.18. The molecule has 1 aliphatic heterocycles. The van der Waals surface area contributed by atoms with Crippen molar-refractivity contribution in [3.05, 3.63) is 81.0 Å². The number of hydrogen-bond donors (Lipinski definition) is 0. The number of anilines is 1. The van der Waals surface area contributed by atoms with Gasteiger partial charge in [-0.2, -0.15) is 0 Å². The van der Waals surface area contributed by atoms with Crippen molar-refractivity contribution < 1.29 is 14.3 Å². The zero-order valence-corrected chi connectivity index (χ0v) is 17.9. The number of esters is 1. The van der Waals surface area contributed by atoms with E-state index in [0.717, 1.165) is 10.0 Å². The molecule has 0 atom stereocenters. The zero-order chi connectivity index (χ0) is 20.4. The van der Waals surface area contributed by atoms with Crippen molar-refractivity contribution in [1.82, 2.24) is 0 Å². The molecule has 144 valence electrons. The van der Waals surface area contributed by atoms with Crippen LogP contribution in [0, 0.1) is 0 Å². The van der Waals surface area contributed by atoms with E-state index < -0.39 is 5.97 Å². The van der Waals surface area contributed by atoms with E-state index >= 15 is 0 Å². The molecule has 2 aromatic carbocycles. The van der Waals surface area contributed by atoms with Crippen molar-refractivity contribution in [3.63, 3.8) is 0 Å². The SMILES string of the molecule is COC(=O)C1=C(C)N(c2ccc(Br)cc2)C(=O)/C1=C\c1ccc(C(C)C)cc1. The fourth-order valence-corrected chi connectivity index (χ4v) is 3.49.